The van der Waals surface area contributed by atoms with E-state index in [1.54, 1.807) is 24.3 Å². The first-order chi connectivity index (χ1) is 16.7. The minimum atomic E-state index is -3.84. The Morgan fingerprint density at radius 2 is 1.69 bits per heavy atom. The fourth-order valence-corrected chi connectivity index (χ4v) is 4.13. The molecular formula is C26H29FN2O5S. The zero-order chi connectivity index (χ0) is 25.4. The summed E-state index contributed by atoms with van der Waals surface area (Å²) >= 11 is 0. The highest BCUT2D eigenvalue weighted by molar-refractivity contribution is 7.89. The molecule has 0 fully saturated rings. The Balaban J connectivity index is 2.10. The van der Waals surface area contributed by atoms with Crippen LogP contribution in [0.15, 0.2) is 59.5 Å². The third kappa shape index (κ3) is 7.34. The molecule has 0 saturated carbocycles. The Morgan fingerprint density at radius 1 is 1.03 bits per heavy atom. The molecule has 0 aliphatic rings. The summed E-state index contributed by atoms with van der Waals surface area (Å²) in [5, 5.41) is 14.2. The number of sulfonamides is 1. The number of rotatable bonds is 12. The van der Waals surface area contributed by atoms with Gasteiger partial charge in [0.1, 0.15) is 5.82 Å². The molecule has 7 nitrogen and oxygen atoms in total. The fourth-order valence-electron chi connectivity index (χ4n) is 3.62. The van der Waals surface area contributed by atoms with E-state index in [2.05, 4.69) is 6.92 Å². The van der Waals surface area contributed by atoms with E-state index >= 15 is 0 Å². The van der Waals surface area contributed by atoms with Gasteiger partial charge in [-0.15, -0.1) is 0 Å². The number of nitrogens with zero attached hydrogens (tertiary/aromatic N) is 1. The van der Waals surface area contributed by atoms with Crippen LogP contribution in [0.25, 0.3) is 22.4 Å². The number of aromatic nitrogens is 1. The van der Waals surface area contributed by atoms with E-state index in [1.807, 2.05) is 6.07 Å². The van der Waals surface area contributed by atoms with Gasteiger partial charge in [0.2, 0.25) is 15.9 Å². The molecule has 1 heterocycles. The van der Waals surface area contributed by atoms with E-state index in [0.717, 1.165) is 18.4 Å². The normalized spacial score (nSPS) is 11.4. The minimum absolute atomic E-state index is 0.00838. The van der Waals surface area contributed by atoms with Crippen molar-refractivity contribution in [2.24, 2.45) is 5.14 Å². The van der Waals surface area contributed by atoms with Crippen molar-refractivity contribution in [2.75, 3.05) is 6.61 Å². The van der Waals surface area contributed by atoms with Crippen LogP contribution in [0.1, 0.15) is 44.6 Å². The molecule has 0 unspecified atom stereocenters. The van der Waals surface area contributed by atoms with E-state index in [9.17, 15) is 17.6 Å². The van der Waals surface area contributed by atoms with Gasteiger partial charge in [-0.05, 0) is 73.7 Å². The number of carboxylic acids is 1. The summed E-state index contributed by atoms with van der Waals surface area (Å²) in [6.45, 7) is 2.54. The number of carboxylic acid groups (broad SMARTS) is 1. The van der Waals surface area contributed by atoms with Crippen LogP contribution in [-0.4, -0.2) is 31.1 Å². The summed E-state index contributed by atoms with van der Waals surface area (Å²) in [7, 11) is -3.84. The highest BCUT2D eigenvalue weighted by Crippen LogP contribution is 2.36. The highest BCUT2D eigenvalue weighted by Gasteiger charge is 2.17. The van der Waals surface area contributed by atoms with Gasteiger partial charge < -0.3 is 9.84 Å². The van der Waals surface area contributed by atoms with Crippen LogP contribution in [0.2, 0.25) is 0 Å². The summed E-state index contributed by atoms with van der Waals surface area (Å²) < 4.78 is 43.0. The smallest absolute Gasteiger partial charge is 0.303 e. The zero-order valence-electron chi connectivity index (χ0n) is 19.5. The van der Waals surface area contributed by atoms with E-state index in [1.165, 1.54) is 24.3 Å². The van der Waals surface area contributed by atoms with Crippen LogP contribution in [0.4, 0.5) is 4.39 Å². The van der Waals surface area contributed by atoms with Crippen molar-refractivity contribution in [3.63, 3.8) is 0 Å². The standard InChI is InChI=1S/C26H29FN2O5S/c1-2-3-16-34-26-20(6-4-5-7-24(30)31)17-23(18-10-14-22(15-11-18)35(28,32)33)25(29-26)19-8-12-21(27)13-9-19/h8-15,17H,2-7,16H2,1H3,(H,30,31)(H2,28,32,33). The molecule has 35 heavy (non-hydrogen) atoms. The monoisotopic (exact) mass is 500 g/mol. The second-order valence-electron chi connectivity index (χ2n) is 8.23. The molecule has 0 amide bonds. The van der Waals surface area contributed by atoms with Crippen molar-refractivity contribution in [1.82, 2.24) is 4.98 Å². The summed E-state index contributed by atoms with van der Waals surface area (Å²) in [6.07, 6.45) is 3.60. The van der Waals surface area contributed by atoms with Crippen molar-refractivity contribution in [2.45, 2.75) is 50.3 Å². The number of aryl methyl sites for hydroxylation is 1. The molecule has 3 rings (SSSR count). The lowest BCUT2D eigenvalue weighted by Crippen LogP contribution is -2.11. The van der Waals surface area contributed by atoms with Crippen LogP contribution in [0.3, 0.4) is 0 Å². The largest absolute Gasteiger partial charge is 0.481 e. The van der Waals surface area contributed by atoms with Crippen LogP contribution >= 0.6 is 0 Å². The Labute approximate surface area is 204 Å². The predicted octanol–water partition coefficient (Wildman–Crippen LogP) is 5.18. The molecule has 3 aromatic rings. The number of unbranched alkanes of at least 4 members (excludes halogenated alkanes) is 2. The molecule has 0 spiro atoms. The van der Waals surface area contributed by atoms with E-state index in [0.29, 0.717) is 54.1 Å². The van der Waals surface area contributed by atoms with Crippen molar-refractivity contribution in [3.05, 3.63) is 66.0 Å². The molecule has 0 radical (unpaired) electrons. The molecule has 0 aliphatic carbocycles. The molecule has 3 N–H and O–H groups in total. The van der Waals surface area contributed by atoms with Gasteiger partial charge >= 0.3 is 5.97 Å². The number of ether oxygens (including phenoxy) is 1. The number of pyridine rings is 1. The van der Waals surface area contributed by atoms with Gasteiger partial charge in [0.15, 0.2) is 0 Å². The number of primary sulfonamides is 1. The first kappa shape index (κ1) is 26.3. The summed E-state index contributed by atoms with van der Waals surface area (Å²) in [6, 6.07) is 14.0. The second kappa shape index (κ2) is 11.9. The zero-order valence-corrected chi connectivity index (χ0v) is 20.4. The number of benzene rings is 2. The average molecular weight is 501 g/mol. The van der Waals surface area contributed by atoms with Gasteiger partial charge in [0.25, 0.3) is 0 Å². The molecule has 0 aliphatic heterocycles. The average Bonchev–Trinajstić information content (AvgIpc) is 2.82. The van der Waals surface area contributed by atoms with Crippen LogP contribution in [0.5, 0.6) is 5.88 Å². The molecule has 2 aromatic carbocycles. The molecule has 9 heteroatoms. The third-order valence-corrected chi connectivity index (χ3v) is 6.43. The highest BCUT2D eigenvalue weighted by atomic mass is 32.2. The second-order valence-corrected chi connectivity index (χ2v) is 9.79. The van der Waals surface area contributed by atoms with Crippen LogP contribution in [-0.2, 0) is 21.2 Å². The Hall–Kier alpha value is -3.30. The fraction of sp³-hybridized carbons (Fsp3) is 0.308. The maximum Gasteiger partial charge on any atom is 0.303 e. The maximum absolute atomic E-state index is 13.6. The first-order valence-corrected chi connectivity index (χ1v) is 13.0. The quantitative estimate of drug-likeness (QED) is 0.331. The van der Waals surface area contributed by atoms with Crippen molar-refractivity contribution >= 4 is 16.0 Å². The van der Waals surface area contributed by atoms with Crippen LogP contribution < -0.4 is 9.88 Å². The Kier molecular flexibility index (Phi) is 8.95. The molecule has 1 aromatic heterocycles. The molecule has 0 bridgehead atoms. The Bertz CT molecular complexity index is 1260. The predicted molar refractivity (Wildman–Crippen MR) is 132 cm³/mol. The Morgan fingerprint density at radius 3 is 2.29 bits per heavy atom. The number of hydrogen-bond acceptors (Lipinski definition) is 5. The van der Waals surface area contributed by atoms with Gasteiger partial charge in [0.05, 0.1) is 17.2 Å². The third-order valence-electron chi connectivity index (χ3n) is 5.50. The lowest BCUT2D eigenvalue weighted by atomic mass is 9.96. The van der Waals surface area contributed by atoms with Gasteiger partial charge in [-0.2, -0.15) is 0 Å². The molecule has 0 saturated heterocycles. The summed E-state index contributed by atoms with van der Waals surface area (Å²) in [5.74, 6) is -0.759. The summed E-state index contributed by atoms with van der Waals surface area (Å²) in [5.41, 5.74) is 3.48. The maximum atomic E-state index is 13.6. The van der Waals surface area contributed by atoms with Crippen LogP contribution in [0, 0.1) is 5.82 Å². The molecular weight excluding hydrogens is 471 g/mol. The minimum Gasteiger partial charge on any atom is -0.481 e. The van der Waals surface area contributed by atoms with E-state index in [4.69, 9.17) is 20.0 Å². The SMILES string of the molecule is CCCCOc1nc(-c2ccc(F)cc2)c(-c2ccc(S(N)(=O)=O)cc2)cc1CCCCC(=O)O. The summed E-state index contributed by atoms with van der Waals surface area (Å²) in [4.78, 5) is 15.7. The lowest BCUT2D eigenvalue weighted by molar-refractivity contribution is -0.137. The van der Waals surface area contributed by atoms with E-state index in [-0.39, 0.29) is 17.1 Å². The topological polar surface area (TPSA) is 120 Å². The number of nitrogens with two attached hydrogens (primary N) is 1. The first-order valence-electron chi connectivity index (χ1n) is 11.5. The van der Waals surface area contributed by atoms with Gasteiger partial charge in [-0.25, -0.2) is 22.9 Å². The molecule has 0 atom stereocenters. The van der Waals surface area contributed by atoms with Crippen molar-refractivity contribution < 1.29 is 27.4 Å². The van der Waals surface area contributed by atoms with Gasteiger partial charge in [-0.3, -0.25) is 4.79 Å². The number of carbonyl (C=O) groups is 1. The van der Waals surface area contributed by atoms with Crippen molar-refractivity contribution in [1.29, 1.82) is 0 Å². The lowest BCUT2D eigenvalue weighted by Gasteiger charge is -2.17. The van der Waals surface area contributed by atoms with Gasteiger partial charge in [0, 0.05) is 23.1 Å². The number of hydrogen-bond donors (Lipinski definition) is 2. The number of halogens is 1. The van der Waals surface area contributed by atoms with Crippen molar-refractivity contribution in [3.8, 4) is 28.3 Å². The number of aliphatic carboxylic acids is 1. The van der Waals surface area contributed by atoms with Gasteiger partial charge in [-0.1, -0.05) is 25.5 Å². The molecule has 186 valence electrons. The van der Waals surface area contributed by atoms with E-state index < -0.39 is 16.0 Å².